The van der Waals surface area contributed by atoms with Gasteiger partial charge in [-0.15, -0.1) is 24.0 Å². The van der Waals surface area contributed by atoms with Crippen LogP contribution in [0.3, 0.4) is 0 Å². The molecule has 0 saturated carbocycles. The Morgan fingerprint density at radius 3 is 2.75 bits per heavy atom. The van der Waals surface area contributed by atoms with Crippen LogP contribution >= 0.6 is 24.0 Å². The van der Waals surface area contributed by atoms with E-state index in [2.05, 4.69) is 23.6 Å². The van der Waals surface area contributed by atoms with Gasteiger partial charge in [0.2, 0.25) is 5.91 Å². The van der Waals surface area contributed by atoms with Crippen LogP contribution < -0.4 is 15.4 Å². The second kappa shape index (κ2) is 12.9. The third-order valence-corrected chi connectivity index (χ3v) is 4.60. The molecule has 1 fully saturated rings. The standard InChI is InChI=1S/C21H34N4O2.HI/c1-5-22-21(24-18-12-14-25(15-18)20(26)16(3)4)23-13-11-17-9-7-8-10-19(17)27-6-2;/h7-10,16,18H,5-6,11-15H2,1-4H3,(H2,22,23,24);1H. The first-order valence-corrected chi connectivity index (χ1v) is 10.1. The van der Waals surface area contributed by atoms with Crippen molar-refractivity contribution < 1.29 is 9.53 Å². The van der Waals surface area contributed by atoms with Gasteiger partial charge in [0.05, 0.1) is 6.61 Å². The number of benzene rings is 1. The number of halogens is 1. The van der Waals surface area contributed by atoms with Crippen molar-refractivity contribution in [3.63, 3.8) is 0 Å². The fourth-order valence-electron chi connectivity index (χ4n) is 3.25. The number of likely N-dealkylation sites (tertiary alicyclic amines) is 1. The second-order valence-corrected chi connectivity index (χ2v) is 7.12. The first kappa shape index (κ1) is 24.5. The van der Waals surface area contributed by atoms with Crippen molar-refractivity contribution in [3.05, 3.63) is 29.8 Å². The van der Waals surface area contributed by atoms with Gasteiger partial charge >= 0.3 is 0 Å². The number of carbonyl (C=O) groups is 1. The first-order chi connectivity index (χ1) is 13.0. The summed E-state index contributed by atoms with van der Waals surface area (Å²) in [6.07, 6.45) is 1.78. The van der Waals surface area contributed by atoms with Gasteiger partial charge in [-0.2, -0.15) is 0 Å². The van der Waals surface area contributed by atoms with Gasteiger partial charge in [-0.1, -0.05) is 32.0 Å². The highest BCUT2D eigenvalue weighted by atomic mass is 127. The van der Waals surface area contributed by atoms with Crippen LogP contribution in [0.25, 0.3) is 0 Å². The van der Waals surface area contributed by atoms with Crippen LogP contribution in [0, 0.1) is 5.92 Å². The molecule has 1 aliphatic rings. The lowest BCUT2D eigenvalue weighted by Gasteiger charge is -2.20. The minimum absolute atomic E-state index is 0. The Morgan fingerprint density at radius 2 is 2.07 bits per heavy atom. The summed E-state index contributed by atoms with van der Waals surface area (Å²) in [7, 11) is 0. The predicted octanol–water partition coefficient (Wildman–Crippen LogP) is 3.06. The van der Waals surface area contributed by atoms with Gasteiger partial charge in [-0.05, 0) is 38.3 Å². The summed E-state index contributed by atoms with van der Waals surface area (Å²) in [5, 5.41) is 6.79. The molecule has 1 aromatic rings. The summed E-state index contributed by atoms with van der Waals surface area (Å²) >= 11 is 0. The minimum Gasteiger partial charge on any atom is -0.494 e. The van der Waals surface area contributed by atoms with E-state index in [0.717, 1.165) is 44.2 Å². The molecule has 1 aliphatic heterocycles. The van der Waals surface area contributed by atoms with Crippen LogP contribution in [-0.4, -0.2) is 55.6 Å². The molecule has 1 saturated heterocycles. The summed E-state index contributed by atoms with van der Waals surface area (Å²) in [6.45, 7) is 11.7. The minimum atomic E-state index is 0. The van der Waals surface area contributed by atoms with E-state index < -0.39 is 0 Å². The molecule has 0 bridgehead atoms. The normalized spacial score (nSPS) is 16.7. The van der Waals surface area contributed by atoms with Gasteiger partial charge in [0.15, 0.2) is 5.96 Å². The molecule has 2 rings (SSSR count). The predicted molar refractivity (Wildman–Crippen MR) is 126 cm³/mol. The number of hydrogen-bond donors (Lipinski definition) is 2. The average Bonchev–Trinajstić information content (AvgIpc) is 3.11. The molecule has 7 heteroatoms. The zero-order valence-electron chi connectivity index (χ0n) is 17.5. The molecule has 1 aromatic carbocycles. The molecule has 2 N–H and O–H groups in total. The number of nitrogens with zero attached hydrogens (tertiary/aromatic N) is 2. The zero-order valence-corrected chi connectivity index (χ0v) is 19.9. The number of amides is 1. The monoisotopic (exact) mass is 502 g/mol. The fraction of sp³-hybridized carbons (Fsp3) is 0.619. The van der Waals surface area contributed by atoms with Crippen molar-refractivity contribution in [1.29, 1.82) is 0 Å². The highest BCUT2D eigenvalue weighted by Crippen LogP contribution is 2.18. The molecule has 1 heterocycles. The molecule has 1 unspecified atom stereocenters. The lowest BCUT2D eigenvalue weighted by Crippen LogP contribution is -2.45. The van der Waals surface area contributed by atoms with Crippen LogP contribution in [0.1, 0.15) is 39.7 Å². The summed E-state index contributed by atoms with van der Waals surface area (Å²) in [4.78, 5) is 18.8. The van der Waals surface area contributed by atoms with Gasteiger partial charge < -0.3 is 20.3 Å². The van der Waals surface area contributed by atoms with Crippen LogP contribution in [0.2, 0.25) is 0 Å². The van der Waals surface area contributed by atoms with Crippen molar-refractivity contribution in [3.8, 4) is 5.75 Å². The van der Waals surface area contributed by atoms with Crippen LogP contribution in [-0.2, 0) is 11.2 Å². The first-order valence-electron chi connectivity index (χ1n) is 10.1. The molecule has 0 aromatic heterocycles. The summed E-state index contributed by atoms with van der Waals surface area (Å²) < 4.78 is 5.69. The Hall–Kier alpha value is -1.51. The van der Waals surface area contributed by atoms with Gasteiger partial charge in [0, 0.05) is 38.1 Å². The number of aliphatic imine (C=N–C) groups is 1. The number of nitrogens with one attached hydrogen (secondary N) is 2. The molecular formula is C21H35IN4O2. The van der Waals surface area contributed by atoms with Crippen molar-refractivity contribution in [2.75, 3.05) is 32.8 Å². The molecule has 28 heavy (non-hydrogen) atoms. The smallest absolute Gasteiger partial charge is 0.225 e. The number of para-hydroxylation sites is 1. The van der Waals surface area contributed by atoms with E-state index in [4.69, 9.17) is 9.73 Å². The van der Waals surface area contributed by atoms with E-state index >= 15 is 0 Å². The van der Waals surface area contributed by atoms with E-state index in [1.165, 1.54) is 5.56 Å². The summed E-state index contributed by atoms with van der Waals surface area (Å²) in [5.74, 6) is 2.03. The van der Waals surface area contributed by atoms with Gasteiger partial charge in [0.1, 0.15) is 5.75 Å². The molecule has 6 nitrogen and oxygen atoms in total. The average molecular weight is 502 g/mol. The highest BCUT2D eigenvalue weighted by Gasteiger charge is 2.27. The van der Waals surface area contributed by atoms with Crippen LogP contribution in [0.5, 0.6) is 5.75 Å². The van der Waals surface area contributed by atoms with Crippen LogP contribution in [0.4, 0.5) is 0 Å². The van der Waals surface area contributed by atoms with Crippen molar-refractivity contribution in [2.45, 2.75) is 46.6 Å². The van der Waals surface area contributed by atoms with E-state index in [9.17, 15) is 4.79 Å². The maximum Gasteiger partial charge on any atom is 0.225 e. The highest BCUT2D eigenvalue weighted by molar-refractivity contribution is 14.0. The topological polar surface area (TPSA) is 66.0 Å². The fourth-order valence-corrected chi connectivity index (χ4v) is 3.25. The molecule has 158 valence electrons. The van der Waals surface area contributed by atoms with E-state index in [1.54, 1.807) is 0 Å². The van der Waals surface area contributed by atoms with Crippen LogP contribution in [0.15, 0.2) is 29.3 Å². The van der Waals surface area contributed by atoms with Crippen molar-refractivity contribution in [1.82, 2.24) is 15.5 Å². The number of rotatable bonds is 8. The molecule has 0 aliphatic carbocycles. The molecule has 1 amide bonds. The second-order valence-electron chi connectivity index (χ2n) is 7.12. The molecule has 1 atom stereocenters. The zero-order chi connectivity index (χ0) is 19.6. The number of hydrogen-bond acceptors (Lipinski definition) is 3. The number of ether oxygens (including phenoxy) is 1. The van der Waals surface area contributed by atoms with Gasteiger partial charge in [-0.3, -0.25) is 9.79 Å². The Bertz CT molecular complexity index is 637. The third-order valence-electron chi connectivity index (χ3n) is 4.60. The lowest BCUT2D eigenvalue weighted by molar-refractivity contribution is -0.133. The van der Waals surface area contributed by atoms with E-state index in [-0.39, 0.29) is 41.8 Å². The Balaban J connectivity index is 0.00000392. The van der Waals surface area contributed by atoms with Crippen molar-refractivity contribution in [2.24, 2.45) is 10.9 Å². The third kappa shape index (κ3) is 7.48. The Kier molecular flexibility index (Phi) is 11.3. The summed E-state index contributed by atoms with van der Waals surface area (Å²) in [5.41, 5.74) is 1.17. The van der Waals surface area contributed by atoms with Crippen molar-refractivity contribution >= 4 is 35.8 Å². The SMILES string of the molecule is CCNC(=NCCc1ccccc1OCC)NC1CCN(C(=O)C(C)C)C1.I. The quantitative estimate of drug-likeness (QED) is 0.326. The number of guanidine groups is 1. The Labute approximate surface area is 186 Å². The largest absolute Gasteiger partial charge is 0.494 e. The maximum atomic E-state index is 12.2. The Morgan fingerprint density at radius 1 is 1.32 bits per heavy atom. The van der Waals surface area contributed by atoms with E-state index in [1.807, 2.05) is 43.9 Å². The van der Waals surface area contributed by atoms with Gasteiger partial charge in [-0.25, -0.2) is 0 Å². The molecular weight excluding hydrogens is 467 g/mol. The molecule has 0 radical (unpaired) electrons. The summed E-state index contributed by atoms with van der Waals surface area (Å²) in [6, 6.07) is 8.37. The van der Waals surface area contributed by atoms with E-state index in [0.29, 0.717) is 13.2 Å². The van der Waals surface area contributed by atoms with Gasteiger partial charge in [0.25, 0.3) is 0 Å². The molecule has 0 spiro atoms. The maximum absolute atomic E-state index is 12.2. The lowest BCUT2D eigenvalue weighted by atomic mass is 10.1. The number of carbonyl (C=O) groups excluding carboxylic acids is 1.